The first-order chi connectivity index (χ1) is 8.62. The molecule has 1 heterocycles. The molecule has 2 aromatic rings. The van der Waals surface area contributed by atoms with Crippen LogP contribution in [0.2, 0.25) is 0 Å². The first-order valence-electron chi connectivity index (χ1n) is 4.98. The number of rotatable bonds is 5. The molecule has 1 aromatic heterocycles. The second-order valence-corrected chi connectivity index (χ2v) is 6.00. The smallest absolute Gasteiger partial charge is 0.262 e. The summed E-state index contributed by atoms with van der Waals surface area (Å²) in [6.07, 6.45) is 0.535. The van der Waals surface area contributed by atoms with Crippen molar-refractivity contribution in [3.63, 3.8) is 0 Å². The molecule has 0 saturated carbocycles. The first-order valence-corrected chi connectivity index (χ1v) is 7.35. The Bertz CT molecular complexity index is 619. The van der Waals surface area contributed by atoms with Gasteiger partial charge in [-0.05, 0) is 41.8 Å². The lowest BCUT2D eigenvalue weighted by atomic mass is 10.3. The van der Waals surface area contributed by atoms with Gasteiger partial charge in [0.1, 0.15) is 5.00 Å². The zero-order valence-electron chi connectivity index (χ0n) is 9.16. The average molecular weight is 282 g/mol. The third-order valence-electron chi connectivity index (χ3n) is 2.15. The van der Waals surface area contributed by atoms with E-state index in [0.29, 0.717) is 17.1 Å². The first kappa shape index (κ1) is 12.6. The highest BCUT2D eigenvalue weighted by Gasteiger charge is 2.14. The Morgan fingerprint density at radius 3 is 2.39 bits per heavy atom. The van der Waals surface area contributed by atoms with E-state index in [2.05, 4.69) is 10.0 Å². The number of hydrogen-bond donors (Lipinski definition) is 2. The molecule has 1 aromatic carbocycles. The van der Waals surface area contributed by atoms with Crippen molar-refractivity contribution in [2.45, 2.75) is 4.90 Å². The molecular formula is C11H10N2O3S2. The molecular weight excluding hydrogens is 272 g/mol. The van der Waals surface area contributed by atoms with Crippen molar-refractivity contribution >= 4 is 38.5 Å². The van der Waals surface area contributed by atoms with Gasteiger partial charge in [0.2, 0.25) is 6.41 Å². The van der Waals surface area contributed by atoms with Crippen LogP contribution in [0.25, 0.3) is 0 Å². The van der Waals surface area contributed by atoms with Gasteiger partial charge in [-0.25, -0.2) is 8.42 Å². The quantitative estimate of drug-likeness (QED) is 0.825. The summed E-state index contributed by atoms with van der Waals surface area (Å²) in [6.45, 7) is 0. The fourth-order valence-electron chi connectivity index (χ4n) is 1.33. The van der Waals surface area contributed by atoms with Gasteiger partial charge in [0.15, 0.2) is 0 Å². The van der Waals surface area contributed by atoms with Gasteiger partial charge in [-0.2, -0.15) is 0 Å². The molecule has 0 saturated heterocycles. The molecule has 18 heavy (non-hydrogen) atoms. The lowest BCUT2D eigenvalue weighted by Gasteiger charge is -2.06. The number of thiophene rings is 1. The number of amides is 1. The van der Waals surface area contributed by atoms with Gasteiger partial charge in [-0.15, -0.1) is 11.3 Å². The minimum absolute atomic E-state index is 0.146. The topological polar surface area (TPSA) is 75.3 Å². The lowest BCUT2D eigenvalue weighted by Crippen LogP contribution is -2.11. The molecule has 0 atom stereocenters. The van der Waals surface area contributed by atoms with Crippen molar-refractivity contribution < 1.29 is 13.2 Å². The Morgan fingerprint density at radius 2 is 1.83 bits per heavy atom. The molecule has 0 aliphatic rings. The molecule has 0 bridgehead atoms. The van der Waals surface area contributed by atoms with Gasteiger partial charge < -0.3 is 5.32 Å². The van der Waals surface area contributed by atoms with Crippen LogP contribution in [-0.2, 0) is 14.8 Å². The van der Waals surface area contributed by atoms with Gasteiger partial charge in [-0.3, -0.25) is 9.52 Å². The molecule has 0 spiro atoms. The molecule has 0 aliphatic heterocycles. The normalized spacial score (nSPS) is 10.9. The van der Waals surface area contributed by atoms with Crippen LogP contribution in [0, 0.1) is 0 Å². The summed E-state index contributed by atoms with van der Waals surface area (Å²) < 4.78 is 26.4. The molecule has 0 aliphatic carbocycles. The Hall–Kier alpha value is -1.86. The molecule has 0 fully saturated rings. The van der Waals surface area contributed by atoms with Crippen molar-refractivity contribution in [1.29, 1.82) is 0 Å². The highest BCUT2D eigenvalue weighted by atomic mass is 32.2. The molecule has 2 N–H and O–H groups in total. The fraction of sp³-hybridized carbons (Fsp3) is 0. The summed E-state index contributed by atoms with van der Waals surface area (Å²) >= 11 is 1.31. The molecule has 1 amide bonds. The number of hydrogen-bond acceptors (Lipinski definition) is 4. The second kappa shape index (κ2) is 5.19. The predicted molar refractivity (Wildman–Crippen MR) is 71.3 cm³/mol. The van der Waals surface area contributed by atoms with E-state index < -0.39 is 10.0 Å². The lowest BCUT2D eigenvalue weighted by molar-refractivity contribution is -0.105. The van der Waals surface area contributed by atoms with E-state index in [-0.39, 0.29) is 4.90 Å². The van der Waals surface area contributed by atoms with Crippen LogP contribution in [0.15, 0.2) is 46.7 Å². The minimum atomic E-state index is -3.57. The Kier molecular flexibility index (Phi) is 3.63. The fourth-order valence-corrected chi connectivity index (χ4v) is 3.25. The van der Waals surface area contributed by atoms with Gasteiger partial charge >= 0.3 is 0 Å². The Morgan fingerprint density at radius 1 is 1.11 bits per heavy atom. The monoisotopic (exact) mass is 282 g/mol. The van der Waals surface area contributed by atoms with Gasteiger partial charge in [0, 0.05) is 5.69 Å². The number of carbonyl (C=O) groups excluding carboxylic acids is 1. The van der Waals surface area contributed by atoms with Crippen molar-refractivity contribution in [1.82, 2.24) is 0 Å². The highest BCUT2D eigenvalue weighted by molar-refractivity contribution is 7.93. The van der Waals surface area contributed by atoms with Gasteiger partial charge in [0.25, 0.3) is 10.0 Å². The van der Waals surface area contributed by atoms with Crippen LogP contribution >= 0.6 is 11.3 Å². The Balaban J connectivity index is 2.21. The summed E-state index contributed by atoms with van der Waals surface area (Å²) in [5.74, 6) is 0. The molecule has 7 heteroatoms. The predicted octanol–water partition coefficient (Wildman–Crippen LogP) is 2.12. The summed E-state index contributed by atoms with van der Waals surface area (Å²) in [6, 6.07) is 9.36. The maximum absolute atomic E-state index is 12.0. The van der Waals surface area contributed by atoms with Crippen LogP contribution in [0.1, 0.15) is 0 Å². The average Bonchev–Trinajstić information content (AvgIpc) is 2.82. The van der Waals surface area contributed by atoms with E-state index in [1.54, 1.807) is 17.5 Å². The van der Waals surface area contributed by atoms with E-state index in [4.69, 9.17) is 0 Å². The van der Waals surface area contributed by atoms with E-state index in [0.717, 1.165) is 0 Å². The third-order valence-corrected chi connectivity index (χ3v) is 4.44. The van der Waals surface area contributed by atoms with Gasteiger partial charge in [-0.1, -0.05) is 0 Å². The van der Waals surface area contributed by atoms with Gasteiger partial charge in [0.05, 0.1) is 4.90 Å². The minimum Gasteiger partial charge on any atom is -0.329 e. The molecule has 94 valence electrons. The zero-order chi connectivity index (χ0) is 13.0. The number of nitrogens with one attached hydrogen (secondary N) is 2. The number of carbonyl (C=O) groups is 1. The maximum atomic E-state index is 12.0. The van der Waals surface area contributed by atoms with Crippen LogP contribution < -0.4 is 10.0 Å². The van der Waals surface area contributed by atoms with Crippen molar-refractivity contribution in [2.75, 3.05) is 10.0 Å². The summed E-state index contributed by atoms with van der Waals surface area (Å²) in [4.78, 5) is 10.4. The van der Waals surface area contributed by atoms with Crippen LogP contribution in [0.5, 0.6) is 0 Å². The molecule has 0 radical (unpaired) electrons. The SMILES string of the molecule is O=CNc1ccc(S(=O)(=O)Nc2cccs2)cc1. The van der Waals surface area contributed by atoms with Crippen LogP contribution in [0.4, 0.5) is 10.7 Å². The summed E-state index contributed by atoms with van der Waals surface area (Å²) in [5.41, 5.74) is 0.542. The van der Waals surface area contributed by atoms with E-state index in [9.17, 15) is 13.2 Å². The number of anilines is 2. The summed E-state index contributed by atoms with van der Waals surface area (Å²) in [7, 11) is -3.57. The van der Waals surface area contributed by atoms with E-state index in [1.165, 1.54) is 35.6 Å². The number of benzene rings is 1. The van der Waals surface area contributed by atoms with Crippen LogP contribution in [0.3, 0.4) is 0 Å². The maximum Gasteiger partial charge on any atom is 0.262 e. The zero-order valence-corrected chi connectivity index (χ0v) is 10.8. The standard InChI is InChI=1S/C11H10N2O3S2/c14-8-12-9-3-5-10(6-4-9)18(15,16)13-11-2-1-7-17-11/h1-8,13H,(H,12,14). The van der Waals surface area contributed by atoms with E-state index >= 15 is 0 Å². The van der Waals surface area contributed by atoms with Crippen LogP contribution in [-0.4, -0.2) is 14.8 Å². The van der Waals surface area contributed by atoms with Crippen molar-refractivity contribution in [3.8, 4) is 0 Å². The van der Waals surface area contributed by atoms with Crippen molar-refractivity contribution in [2.24, 2.45) is 0 Å². The summed E-state index contributed by atoms with van der Waals surface area (Å²) in [5, 5.41) is 4.78. The molecule has 0 unspecified atom stereocenters. The third kappa shape index (κ3) is 2.88. The van der Waals surface area contributed by atoms with E-state index in [1.807, 2.05) is 0 Å². The largest absolute Gasteiger partial charge is 0.329 e. The van der Waals surface area contributed by atoms with Crippen molar-refractivity contribution in [3.05, 3.63) is 41.8 Å². The molecule has 5 nitrogen and oxygen atoms in total. The number of sulfonamides is 1. The highest BCUT2D eigenvalue weighted by Crippen LogP contribution is 2.21. The Labute approximate surface area is 109 Å². The second-order valence-electron chi connectivity index (χ2n) is 3.37. The molecule has 2 rings (SSSR count).